The Hall–Kier alpha value is -3.20. The first kappa shape index (κ1) is 30.3. The van der Waals surface area contributed by atoms with E-state index in [1.54, 1.807) is 47.4 Å². The van der Waals surface area contributed by atoms with E-state index in [1.807, 2.05) is 49.4 Å². The molecule has 0 heterocycles. The Morgan fingerprint density at radius 2 is 1.51 bits per heavy atom. The summed E-state index contributed by atoms with van der Waals surface area (Å²) in [7, 11) is -2.15. The van der Waals surface area contributed by atoms with Gasteiger partial charge in [-0.2, -0.15) is 0 Å². The highest BCUT2D eigenvalue weighted by Gasteiger charge is 2.30. The van der Waals surface area contributed by atoms with E-state index < -0.39 is 16.1 Å². The molecule has 39 heavy (non-hydrogen) atoms. The fraction of sp³-hybridized carbons (Fsp3) is 0.333. The molecule has 0 saturated heterocycles. The highest BCUT2D eigenvalue weighted by molar-refractivity contribution is 7.89. The van der Waals surface area contributed by atoms with Gasteiger partial charge in [0.2, 0.25) is 21.8 Å². The second-order valence-electron chi connectivity index (χ2n) is 9.39. The number of hydrogen-bond donors (Lipinski definition) is 1. The van der Waals surface area contributed by atoms with Gasteiger partial charge in [0, 0.05) is 44.5 Å². The summed E-state index contributed by atoms with van der Waals surface area (Å²) in [5, 5.41) is 3.54. The van der Waals surface area contributed by atoms with Crippen molar-refractivity contribution in [3.63, 3.8) is 0 Å². The van der Waals surface area contributed by atoms with Gasteiger partial charge < -0.3 is 10.2 Å². The highest BCUT2D eigenvalue weighted by Crippen LogP contribution is 2.19. The van der Waals surface area contributed by atoms with Crippen LogP contribution in [0.4, 0.5) is 0 Å². The van der Waals surface area contributed by atoms with E-state index in [-0.39, 0.29) is 36.2 Å². The molecule has 0 unspecified atom stereocenters. The fourth-order valence-corrected chi connectivity index (χ4v) is 5.55. The number of carbonyl (C=O) groups excluding carboxylic acids is 2. The molecule has 9 heteroatoms. The maximum atomic E-state index is 13.7. The van der Waals surface area contributed by atoms with Crippen LogP contribution in [0.25, 0.3) is 0 Å². The van der Waals surface area contributed by atoms with Crippen LogP contribution in [0.5, 0.6) is 0 Å². The summed E-state index contributed by atoms with van der Waals surface area (Å²) < 4.78 is 27.0. The quantitative estimate of drug-likeness (QED) is 0.299. The Kier molecular flexibility index (Phi) is 11.5. The molecule has 0 fully saturated rings. The summed E-state index contributed by atoms with van der Waals surface area (Å²) >= 11 is 6.07. The topological polar surface area (TPSA) is 86.8 Å². The van der Waals surface area contributed by atoms with E-state index in [4.69, 9.17) is 11.6 Å². The van der Waals surface area contributed by atoms with Crippen molar-refractivity contribution in [3.8, 4) is 0 Å². The van der Waals surface area contributed by atoms with Crippen LogP contribution in [0, 0.1) is 0 Å². The minimum absolute atomic E-state index is 0.0919. The Morgan fingerprint density at radius 1 is 0.897 bits per heavy atom. The largest absolute Gasteiger partial charge is 0.354 e. The number of nitrogens with zero attached hydrogens (tertiary/aromatic N) is 2. The number of benzene rings is 3. The molecule has 0 bridgehead atoms. The standard InChI is InChI=1S/C30H36ClN3O4S/c1-3-20-32-30(36)28(22-24-11-6-4-7-12-24)34(23-25-16-18-26(31)19-17-25)29(35)15-10-21-33(2)39(37,38)27-13-8-5-9-14-27/h4-9,11-14,16-19,28H,3,10,15,20-23H2,1-2H3,(H,32,36)/t28-/m0/s1. The summed E-state index contributed by atoms with van der Waals surface area (Å²) in [6, 6.07) is 24.3. The number of halogens is 1. The van der Waals surface area contributed by atoms with Gasteiger partial charge in [-0.3, -0.25) is 9.59 Å². The van der Waals surface area contributed by atoms with Crippen molar-refractivity contribution in [1.29, 1.82) is 0 Å². The number of sulfonamides is 1. The predicted octanol–water partition coefficient (Wildman–Crippen LogP) is 4.91. The number of rotatable bonds is 14. The normalized spacial score (nSPS) is 12.2. The van der Waals surface area contributed by atoms with Gasteiger partial charge in [-0.25, -0.2) is 12.7 Å². The Balaban J connectivity index is 1.80. The third-order valence-corrected chi connectivity index (χ3v) is 8.52. The predicted molar refractivity (Wildman–Crippen MR) is 155 cm³/mol. The lowest BCUT2D eigenvalue weighted by Crippen LogP contribution is -2.50. The number of carbonyl (C=O) groups is 2. The first-order valence-corrected chi connectivity index (χ1v) is 14.9. The smallest absolute Gasteiger partial charge is 0.243 e. The van der Waals surface area contributed by atoms with Crippen molar-refractivity contribution >= 4 is 33.4 Å². The minimum atomic E-state index is -3.66. The third-order valence-electron chi connectivity index (χ3n) is 6.40. The van der Waals surface area contributed by atoms with Crippen molar-refractivity contribution in [1.82, 2.24) is 14.5 Å². The van der Waals surface area contributed by atoms with Gasteiger partial charge in [-0.15, -0.1) is 0 Å². The van der Waals surface area contributed by atoms with Crippen LogP contribution < -0.4 is 5.32 Å². The van der Waals surface area contributed by atoms with Crippen molar-refractivity contribution in [2.24, 2.45) is 0 Å². The SMILES string of the molecule is CCCNC(=O)[C@H](Cc1ccccc1)N(Cc1ccc(Cl)cc1)C(=O)CCCN(C)S(=O)(=O)c1ccccc1. The van der Waals surface area contributed by atoms with Gasteiger partial charge in [0.05, 0.1) is 4.90 Å². The van der Waals surface area contributed by atoms with Crippen LogP contribution in [0.15, 0.2) is 89.8 Å². The Morgan fingerprint density at radius 3 is 2.13 bits per heavy atom. The van der Waals surface area contributed by atoms with Crippen LogP contribution >= 0.6 is 11.6 Å². The van der Waals surface area contributed by atoms with E-state index in [2.05, 4.69) is 5.32 Å². The van der Waals surface area contributed by atoms with Crippen molar-refractivity contribution in [2.75, 3.05) is 20.1 Å². The number of nitrogens with one attached hydrogen (secondary N) is 1. The second kappa shape index (κ2) is 14.8. The molecule has 208 valence electrons. The van der Waals surface area contributed by atoms with Gasteiger partial charge in [0.25, 0.3) is 0 Å². The van der Waals surface area contributed by atoms with E-state index in [9.17, 15) is 18.0 Å². The molecule has 1 N–H and O–H groups in total. The number of amides is 2. The molecule has 0 saturated carbocycles. The van der Waals surface area contributed by atoms with E-state index >= 15 is 0 Å². The molecule has 0 aliphatic carbocycles. The molecule has 7 nitrogen and oxygen atoms in total. The third kappa shape index (κ3) is 8.92. The molecular formula is C30H36ClN3O4S. The zero-order chi connectivity index (χ0) is 28.3. The van der Waals surface area contributed by atoms with Crippen LogP contribution in [0.2, 0.25) is 5.02 Å². The average molecular weight is 570 g/mol. The molecule has 3 aromatic carbocycles. The molecular weight excluding hydrogens is 534 g/mol. The Labute approximate surface area is 236 Å². The lowest BCUT2D eigenvalue weighted by Gasteiger charge is -2.32. The summed E-state index contributed by atoms with van der Waals surface area (Å²) in [5.41, 5.74) is 1.79. The van der Waals surface area contributed by atoms with Gasteiger partial charge in [-0.05, 0) is 48.2 Å². The molecule has 0 aliphatic rings. The van der Waals surface area contributed by atoms with E-state index in [1.165, 1.54) is 11.4 Å². The molecule has 0 spiro atoms. The summed E-state index contributed by atoms with van der Waals surface area (Å²) in [6.07, 6.45) is 1.54. The maximum Gasteiger partial charge on any atom is 0.243 e. The molecule has 1 atom stereocenters. The van der Waals surface area contributed by atoms with Crippen LogP contribution in [-0.2, 0) is 32.6 Å². The van der Waals surface area contributed by atoms with Crippen LogP contribution in [0.3, 0.4) is 0 Å². The van der Waals surface area contributed by atoms with Gasteiger partial charge in [-0.1, -0.05) is 79.2 Å². The zero-order valence-electron chi connectivity index (χ0n) is 22.4. The first-order valence-electron chi connectivity index (χ1n) is 13.1. The molecule has 3 aromatic rings. The van der Waals surface area contributed by atoms with Crippen molar-refractivity contribution in [2.45, 2.75) is 50.1 Å². The first-order chi connectivity index (χ1) is 18.7. The van der Waals surface area contributed by atoms with Gasteiger partial charge in [0.1, 0.15) is 6.04 Å². The monoisotopic (exact) mass is 569 g/mol. The van der Waals surface area contributed by atoms with E-state index in [0.29, 0.717) is 24.4 Å². The number of hydrogen-bond acceptors (Lipinski definition) is 4. The van der Waals surface area contributed by atoms with Crippen molar-refractivity contribution in [3.05, 3.63) is 101 Å². The summed E-state index contributed by atoms with van der Waals surface area (Å²) in [4.78, 5) is 28.8. The molecule has 3 rings (SSSR count). The average Bonchev–Trinajstić information content (AvgIpc) is 2.95. The molecule has 0 radical (unpaired) electrons. The molecule has 0 aliphatic heterocycles. The van der Waals surface area contributed by atoms with Gasteiger partial charge >= 0.3 is 0 Å². The molecule has 2 amide bonds. The highest BCUT2D eigenvalue weighted by atomic mass is 35.5. The Bertz CT molecular complexity index is 1300. The van der Waals surface area contributed by atoms with E-state index in [0.717, 1.165) is 17.5 Å². The van der Waals surface area contributed by atoms with Crippen LogP contribution in [-0.4, -0.2) is 55.6 Å². The van der Waals surface area contributed by atoms with Crippen LogP contribution in [0.1, 0.15) is 37.3 Å². The van der Waals surface area contributed by atoms with Crippen molar-refractivity contribution < 1.29 is 18.0 Å². The lowest BCUT2D eigenvalue weighted by atomic mass is 10.0. The minimum Gasteiger partial charge on any atom is -0.354 e. The fourth-order valence-electron chi connectivity index (χ4n) is 4.20. The summed E-state index contributed by atoms with van der Waals surface area (Å²) in [5.74, 6) is -0.435. The second-order valence-corrected chi connectivity index (χ2v) is 11.9. The molecule has 0 aromatic heterocycles. The lowest BCUT2D eigenvalue weighted by molar-refractivity contribution is -0.141. The maximum absolute atomic E-state index is 13.7. The van der Waals surface area contributed by atoms with Gasteiger partial charge in [0.15, 0.2) is 0 Å². The summed E-state index contributed by atoms with van der Waals surface area (Å²) in [6.45, 7) is 2.88. The zero-order valence-corrected chi connectivity index (χ0v) is 24.0.